The number of hydrogen-bond acceptors (Lipinski definition) is 3. The molecule has 1 aliphatic heterocycles. The predicted octanol–water partition coefficient (Wildman–Crippen LogP) is 3.58. The first-order chi connectivity index (χ1) is 11.0. The maximum absolute atomic E-state index is 14.2. The van der Waals surface area contributed by atoms with Gasteiger partial charge in [-0.3, -0.25) is 4.90 Å². The molecule has 124 valence electrons. The van der Waals surface area contributed by atoms with Gasteiger partial charge in [0, 0.05) is 12.0 Å². The van der Waals surface area contributed by atoms with Crippen LogP contribution in [0.5, 0.6) is 0 Å². The standard InChI is InChI=1S/C17H19F2NO3/c1-22-9-13-7-14-15(8-13)20(11-17(14,18)19)16(21)23-10-12-5-3-2-4-6-12/h2-6,9,14-15H,7-8,10-11H2,1H3/b13-9+. The van der Waals surface area contributed by atoms with Crippen LogP contribution in [-0.2, 0) is 16.1 Å². The molecule has 1 saturated carbocycles. The van der Waals surface area contributed by atoms with Crippen LogP contribution in [0.25, 0.3) is 0 Å². The molecule has 6 heteroatoms. The SMILES string of the molecule is CO/C=C1/CC2C(C1)C(F)(F)CN2C(=O)OCc1ccccc1. The Hall–Kier alpha value is -2.11. The zero-order valence-corrected chi connectivity index (χ0v) is 12.9. The minimum atomic E-state index is -2.89. The number of halogens is 2. The van der Waals surface area contributed by atoms with Gasteiger partial charge in [0.2, 0.25) is 0 Å². The third kappa shape index (κ3) is 3.16. The normalized spacial score (nSPS) is 27.1. The molecule has 0 spiro atoms. The van der Waals surface area contributed by atoms with E-state index in [2.05, 4.69) is 0 Å². The van der Waals surface area contributed by atoms with Crippen molar-refractivity contribution in [3.05, 3.63) is 47.7 Å². The number of likely N-dealkylation sites (tertiary alicyclic amines) is 1. The highest BCUT2D eigenvalue weighted by Gasteiger charge is 2.59. The topological polar surface area (TPSA) is 38.8 Å². The molecule has 1 heterocycles. The average molecular weight is 323 g/mol. The highest BCUT2D eigenvalue weighted by atomic mass is 19.3. The number of alkyl halides is 2. The number of carbonyl (C=O) groups is 1. The summed E-state index contributed by atoms with van der Waals surface area (Å²) in [7, 11) is 1.49. The number of carbonyl (C=O) groups excluding carboxylic acids is 1. The third-order valence-electron chi connectivity index (χ3n) is 4.47. The smallest absolute Gasteiger partial charge is 0.410 e. The van der Waals surface area contributed by atoms with Gasteiger partial charge in [-0.1, -0.05) is 30.3 Å². The molecule has 2 unspecified atom stereocenters. The van der Waals surface area contributed by atoms with E-state index in [-0.39, 0.29) is 13.0 Å². The lowest BCUT2D eigenvalue weighted by molar-refractivity contribution is -0.0266. The van der Waals surface area contributed by atoms with E-state index >= 15 is 0 Å². The molecular weight excluding hydrogens is 304 g/mol. The van der Waals surface area contributed by atoms with Gasteiger partial charge in [0.05, 0.1) is 19.9 Å². The van der Waals surface area contributed by atoms with Gasteiger partial charge in [0.15, 0.2) is 0 Å². The molecule has 1 amide bonds. The van der Waals surface area contributed by atoms with Gasteiger partial charge < -0.3 is 9.47 Å². The summed E-state index contributed by atoms with van der Waals surface area (Å²) in [6.45, 7) is -0.490. The number of amides is 1. The molecule has 0 radical (unpaired) electrons. The van der Waals surface area contributed by atoms with Crippen molar-refractivity contribution >= 4 is 6.09 Å². The fourth-order valence-corrected chi connectivity index (χ4v) is 3.40. The zero-order valence-electron chi connectivity index (χ0n) is 12.9. The number of fused-ring (bicyclic) bond motifs is 1. The Bertz CT molecular complexity index is 603. The molecule has 3 rings (SSSR count). The van der Waals surface area contributed by atoms with E-state index in [0.29, 0.717) is 6.42 Å². The van der Waals surface area contributed by atoms with Crippen LogP contribution in [0.3, 0.4) is 0 Å². The van der Waals surface area contributed by atoms with Crippen molar-refractivity contribution in [2.24, 2.45) is 5.92 Å². The van der Waals surface area contributed by atoms with Crippen LogP contribution in [-0.4, -0.2) is 36.6 Å². The van der Waals surface area contributed by atoms with E-state index in [1.54, 1.807) is 0 Å². The van der Waals surface area contributed by atoms with Crippen LogP contribution < -0.4 is 0 Å². The van der Waals surface area contributed by atoms with E-state index in [4.69, 9.17) is 9.47 Å². The Morgan fingerprint density at radius 3 is 2.78 bits per heavy atom. The second kappa shape index (κ2) is 6.18. The van der Waals surface area contributed by atoms with Crippen molar-refractivity contribution in [1.29, 1.82) is 0 Å². The molecule has 1 saturated heterocycles. The van der Waals surface area contributed by atoms with E-state index in [9.17, 15) is 13.6 Å². The molecular formula is C17H19F2NO3. The van der Waals surface area contributed by atoms with E-state index < -0.39 is 30.5 Å². The second-order valence-electron chi connectivity index (χ2n) is 6.02. The molecule has 2 fully saturated rings. The van der Waals surface area contributed by atoms with Crippen molar-refractivity contribution in [2.45, 2.75) is 31.4 Å². The molecule has 1 aliphatic carbocycles. The first-order valence-corrected chi connectivity index (χ1v) is 7.57. The largest absolute Gasteiger partial charge is 0.504 e. The summed E-state index contributed by atoms with van der Waals surface area (Å²) < 4.78 is 38.5. The average Bonchev–Trinajstić information content (AvgIpc) is 3.05. The minimum absolute atomic E-state index is 0.0832. The lowest BCUT2D eigenvalue weighted by Crippen LogP contribution is -2.36. The van der Waals surface area contributed by atoms with Gasteiger partial charge >= 0.3 is 6.09 Å². The third-order valence-corrected chi connectivity index (χ3v) is 4.47. The molecule has 2 aliphatic rings. The molecule has 4 nitrogen and oxygen atoms in total. The second-order valence-corrected chi connectivity index (χ2v) is 6.02. The van der Waals surface area contributed by atoms with E-state index in [1.807, 2.05) is 30.3 Å². The predicted molar refractivity (Wildman–Crippen MR) is 79.9 cm³/mol. The van der Waals surface area contributed by atoms with Crippen LogP contribution in [0.4, 0.5) is 13.6 Å². The van der Waals surface area contributed by atoms with Gasteiger partial charge in [-0.05, 0) is 24.0 Å². The van der Waals surface area contributed by atoms with Crippen molar-refractivity contribution in [3.63, 3.8) is 0 Å². The van der Waals surface area contributed by atoms with Gasteiger partial charge in [-0.25, -0.2) is 13.6 Å². The van der Waals surface area contributed by atoms with Crippen LogP contribution in [0.2, 0.25) is 0 Å². The number of benzene rings is 1. The summed E-state index contributed by atoms with van der Waals surface area (Å²) in [5, 5.41) is 0. The highest BCUT2D eigenvalue weighted by Crippen LogP contribution is 2.49. The molecule has 23 heavy (non-hydrogen) atoms. The molecule has 0 N–H and O–H groups in total. The van der Waals surface area contributed by atoms with Crippen LogP contribution in [0.15, 0.2) is 42.2 Å². The molecule has 2 atom stereocenters. The zero-order chi connectivity index (χ0) is 16.4. The first kappa shape index (κ1) is 15.8. The Morgan fingerprint density at radius 2 is 2.09 bits per heavy atom. The molecule has 1 aromatic rings. The lowest BCUT2D eigenvalue weighted by atomic mass is 10.0. The Balaban J connectivity index is 1.67. The summed E-state index contributed by atoms with van der Waals surface area (Å²) in [6, 6.07) is 8.66. The summed E-state index contributed by atoms with van der Waals surface area (Å²) >= 11 is 0. The highest BCUT2D eigenvalue weighted by molar-refractivity contribution is 5.69. The van der Waals surface area contributed by atoms with Crippen LogP contribution in [0, 0.1) is 5.92 Å². The number of methoxy groups -OCH3 is 1. The van der Waals surface area contributed by atoms with Crippen molar-refractivity contribution in [3.8, 4) is 0 Å². The Kier molecular flexibility index (Phi) is 4.24. The monoisotopic (exact) mass is 323 g/mol. The van der Waals surface area contributed by atoms with E-state index in [1.165, 1.54) is 18.3 Å². The summed E-state index contributed by atoms with van der Waals surface area (Å²) in [6.07, 6.45) is 1.49. The number of rotatable bonds is 3. The van der Waals surface area contributed by atoms with Crippen molar-refractivity contribution in [1.82, 2.24) is 4.90 Å². The van der Waals surface area contributed by atoms with Crippen LogP contribution in [0.1, 0.15) is 18.4 Å². The molecule has 0 bridgehead atoms. The number of ether oxygens (including phenoxy) is 2. The molecule has 0 aromatic heterocycles. The maximum Gasteiger partial charge on any atom is 0.410 e. The minimum Gasteiger partial charge on any atom is -0.504 e. The quantitative estimate of drug-likeness (QED) is 0.798. The summed E-state index contributed by atoms with van der Waals surface area (Å²) in [5.74, 6) is -3.74. The Labute approximate surface area is 133 Å². The lowest BCUT2D eigenvalue weighted by Gasteiger charge is -2.22. The number of nitrogens with zero attached hydrogens (tertiary/aromatic N) is 1. The fourth-order valence-electron chi connectivity index (χ4n) is 3.40. The first-order valence-electron chi connectivity index (χ1n) is 7.57. The number of hydrogen-bond donors (Lipinski definition) is 0. The molecule has 1 aromatic carbocycles. The van der Waals surface area contributed by atoms with Gasteiger partial charge in [0.1, 0.15) is 6.61 Å². The van der Waals surface area contributed by atoms with Crippen molar-refractivity contribution < 1.29 is 23.0 Å². The fraction of sp³-hybridized carbons (Fsp3) is 0.471. The van der Waals surface area contributed by atoms with Gasteiger partial charge in [0.25, 0.3) is 5.92 Å². The van der Waals surface area contributed by atoms with Crippen LogP contribution >= 0.6 is 0 Å². The van der Waals surface area contributed by atoms with Gasteiger partial charge in [-0.2, -0.15) is 0 Å². The Morgan fingerprint density at radius 1 is 1.35 bits per heavy atom. The van der Waals surface area contributed by atoms with E-state index in [0.717, 1.165) is 11.1 Å². The summed E-state index contributed by atoms with van der Waals surface area (Å²) in [4.78, 5) is 13.4. The maximum atomic E-state index is 14.2. The summed E-state index contributed by atoms with van der Waals surface area (Å²) in [5.41, 5.74) is 1.64. The van der Waals surface area contributed by atoms with Gasteiger partial charge in [-0.15, -0.1) is 0 Å². The van der Waals surface area contributed by atoms with Crippen molar-refractivity contribution in [2.75, 3.05) is 13.7 Å².